The summed E-state index contributed by atoms with van der Waals surface area (Å²) in [6, 6.07) is 43.6. The third-order valence-electron chi connectivity index (χ3n) is 28.3. The van der Waals surface area contributed by atoms with Crippen molar-refractivity contribution in [2.45, 2.75) is 186 Å². The van der Waals surface area contributed by atoms with Crippen LogP contribution in [0.25, 0.3) is 22.3 Å². The maximum atomic E-state index is 14.9. The number of ether oxygens (including phenoxy) is 2. The Morgan fingerprint density at radius 1 is 0.580 bits per heavy atom. The number of Topliss-reactive ketones (excluding diaryl/α,β-unsaturated/α-hetero) is 1. The zero-order chi connectivity index (χ0) is 86.4. The van der Waals surface area contributed by atoms with Crippen molar-refractivity contribution in [1.82, 2.24) is 35.9 Å². The average molecular weight is 1860 g/mol. The summed E-state index contributed by atoms with van der Waals surface area (Å²) in [4.78, 5) is 76.1. The number of para-hydroxylation sites is 2. The SMILES string of the molecule is CN(C)C[C@@H]1CC[C@H](c2ccccc2)N1.COc1c(CN2O[C@@H](CO)[C@@H]([C@H](C)O)[C@H]2C(=O)N[C@H]2C[C@H]3C[C@@H]([C@@H]2C)C3(C)C)cccc1-c1cc(C(=O)C2[C@H](CN(C)C)CC[C@@H]2c2ccccc2)cc(N(C)C)c1.COc1c(CN2O[C@@H](CO)[C@@H]([C@H](C)O)[C@H]2C(=O)N[C@H]2C[C@H]3C[C@@H]([C@@H]2C)C3(C)C)cccc1-c1cc(C(=O)O)cc(N(C)C)c1.[3H][B].[U]. The molecule has 16 rings (SSSR count). The van der Waals surface area contributed by atoms with Crippen LogP contribution in [-0.2, 0) is 32.4 Å². The fraction of sp³-hybridized carbons (Fsp3) is 0.579. The molecule has 4 bridgehead atoms. The van der Waals surface area contributed by atoms with Crippen molar-refractivity contribution in [1.29, 1.82) is 1.34 Å². The van der Waals surface area contributed by atoms with E-state index < -0.39 is 54.3 Å². The first kappa shape index (κ1) is 93.0. The van der Waals surface area contributed by atoms with E-state index in [9.17, 15) is 44.7 Å². The number of aromatic carboxylic acids is 1. The minimum absolute atomic E-state index is 0. The van der Waals surface area contributed by atoms with E-state index in [2.05, 4.69) is 165 Å². The van der Waals surface area contributed by atoms with Crippen LogP contribution in [0.5, 0.6) is 11.5 Å². The van der Waals surface area contributed by atoms with Crippen LogP contribution in [0.2, 0.25) is 0 Å². The molecule has 3 heterocycles. The number of amides is 2. The smallest absolute Gasteiger partial charge is 0.335 e. The summed E-state index contributed by atoms with van der Waals surface area (Å²) in [5.74, 6) is 1.70. The Morgan fingerprint density at radius 3 is 1.41 bits per heavy atom. The zero-order valence-corrected chi connectivity index (χ0v) is 77.7. The van der Waals surface area contributed by atoms with Gasteiger partial charge < -0.3 is 70.6 Å². The normalized spacial score (nSPS) is 29.4. The number of hydroxylamine groups is 4. The van der Waals surface area contributed by atoms with E-state index in [1.54, 1.807) is 50.3 Å². The van der Waals surface area contributed by atoms with Gasteiger partial charge in [0.15, 0.2) is 5.78 Å². The fourth-order valence-corrected chi connectivity index (χ4v) is 21.7. The summed E-state index contributed by atoms with van der Waals surface area (Å²) < 4.78 is 17.3. The van der Waals surface area contributed by atoms with Crippen LogP contribution in [0.4, 0.5) is 11.4 Å². The van der Waals surface area contributed by atoms with Crippen molar-refractivity contribution in [3.05, 3.63) is 167 Å². The van der Waals surface area contributed by atoms with Gasteiger partial charge in [0, 0.05) is 162 Å². The molecule has 119 heavy (non-hydrogen) atoms. The molecule has 21 atom stereocenters. The van der Waals surface area contributed by atoms with Gasteiger partial charge >= 0.3 is 5.97 Å². The molecule has 24 heteroatoms. The number of nitrogens with one attached hydrogen (secondary N) is 3. The molecule has 8 N–H and O–H groups in total. The number of ketones is 1. The number of anilines is 2. The van der Waals surface area contributed by atoms with Gasteiger partial charge in [0.2, 0.25) is 11.8 Å². The van der Waals surface area contributed by atoms with Crippen LogP contribution < -0.4 is 35.2 Å². The van der Waals surface area contributed by atoms with Gasteiger partial charge in [-0.05, 0) is 212 Å². The number of hydrogen-bond acceptors (Lipinski definition) is 19. The topological polar surface area (TPSA) is 262 Å². The predicted molar refractivity (Wildman–Crippen MR) is 467 cm³/mol. The van der Waals surface area contributed by atoms with Gasteiger partial charge in [0.05, 0.1) is 58.3 Å². The first-order valence-corrected chi connectivity index (χ1v) is 42.6. The molecule has 22 nitrogen and oxygen atoms in total. The number of methoxy groups -OCH3 is 2. The summed E-state index contributed by atoms with van der Waals surface area (Å²) in [5.41, 5.74) is 10.2. The summed E-state index contributed by atoms with van der Waals surface area (Å²) in [6.45, 7) is 18.7. The first-order chi connectivity index (χ1) is 56.7. The number of nitrogens with zero attached hydrogens (tertiary/aromatic N) is 6. The Labute approximate surface area is 734 Å². The molecule has 6 aromatic rings. The number of rotatable bonds is 27. The fourth-order valence-electron chi connectivity index (χ4n) is 21.7. The van der Waals surface area contributed by atoms with Gasteiger partial charge in [-0.2, -0.15) is 10.1 Å². The Morgan fingerprint density at radius 2 is 1.02 bits per heavy atom. The van der Waals surface area contributed by atoms with E-state index in [1.807, 2.05) is 98.7 Å². The molecule has 3 aliphatic heterocycles. The maximum Gasteiger partial charge on any atom is 0.335 e. The minimum atomic E-state index is -1.03. The summed E-state index contributed by atoms with van der Waals surface area (Å²) in [5, 5.41) is 65.8. The van der Waals surface area contributed by atoms with E-state index in [0.717, 1.165) is 66.8 Å². The van der Waals surface area contributed by atoms with Crippen LogP contribution in [0.3, 0.4) is 0 Å². The van der Waals surface area contributed by atoms with Crippen molar-refractivity contribution in [2.24, 2.45) is 70.0 Å². The number of carbonyl (C=O) groups excluding carboxylic acids is 3. The Hall–Kier alpha value is -6.72. The summed E-state index contributed by atoms with van der Waals surface area (Å²) in [7, 11) is 23.1. The minimum Gasteiger partial charge on any atom is -0.496 e. The molecule has 7 saturated carbocycles. The van der Waals surface area contributed by atoms with Crippen LogP contribution in [-0.4, -0.2) is 230 Å². The third-order valence-corrected chi connectivity index (χ3v) is 28.3. The van der Waals surface area contributed by atoms with Gasteiger partial charge in [0.25, 0.3) is 0 Å². The van der Waals surface area contributed by atoms with Gasteiger partial charge in [-0.1, -0.05) is 139 Å². The zero-order valence-electron chi connectivity index (χ0n) is 74.5. The first-order valence-electron chi connectivity index (χ1n) is 43.2. The molecule has 1 unspecified atom stereocenters. The second kappa shape index (κ2) is 40.3. The Kier molecular flexibility index (Phi) is 31.5. The number of carboxylic acid groups (broad SMARTS) is 1. The van der Waals surface area contributed by atoms with Crippen molar-refractivity contribution in [3.63, 3.8) is 0 Å². The molecule has 6 aromatic carbocycles. The van der Waals surface area contributed by atoms with Crippen molar-refractivity contribution in [3.8, 4) is 33.8 Å². The molecule has 7 aliphatic carbocycles. The van der Waals surface area contributed by atoms with Crippen LogP contribution in [0, 0.1) is 101 Å². The second-order valence-corrected chi connectivity index (χ2v) is 37.3. The molecule has 10 aliphatic rings. The second-order valence-electron chi connectivity index (χ2n) is 37.3. The molecular weight excluding hydrogens is 1720 g/mol. The molecule has 2 amide bonds. The number of fused-ring (bicyclic) bond motifs is 4. The van der Waals surface area contributed by atoms with E-state index in [-0.39, 0.29) is 121 Å². The molecule has 10 fully saturated rings. The predicted octanol–water partition coefficient (Wildman–Crippen LogP) is 11.8. The number of aliphatic hydroxyl groups excluding tert-OH is 4. The van der Waals surface area contributed by atoms with E-state index in [1.165, 1.54) is 36.8 Å². The number of carbonyl (C=O) groups is 4. The molecule has 0 aromatic heterocycles. The number of carboxylic acids is 1. The quantitative estimate of drug-likeness (QED) is 0.0176. The molecule has 3 saturated heterocycles. The third kappa shape index (κ3) is 20.4. The van der Waals surface area contributed by atoms with Gasteiger partial charge in [-0.25, -0.2) is 4.79 Å². The number of aliphatic hydroxyl groups is 4. The molecule has 644 valence electrons. The van der Waals surface area contributed by atoms with E-state index in [0.29, 0.717) is 81.3 Å². The molecule has 2 radical (unpaired) electrons. The van der Waals surface area contributed by atoms with E-state index >= 15 is 0 Å². The van der Waals surface area contributed by atoms with Gasteiger partial charge in [0.1, 0.15) is 35.8 Å². The molecular formula is C95H134BN9O13U. The number of benzene rings is 6. The van der Waals surface area contributed by atoms with Gasteiger partial charge in [-0.15, -0.1) is 0 Å². The van der Waals surface area contributed by atoms with Crippen molar-refractivity contribution >= 4 is 43.3 Å². The number of hydrogen-bond donors (Lipinski definition) is 8. The number of likely N-dealkylation sites (N-methyl/N-ethyl adjacent to an activating group) is 1. The Balaban J connectivity index is 0.000000214. The molecule has 0 spiro atoms. The van der Waals surface area contributed by atoms with Gasteiger partial charge in [-0.3, -0.25) is 24.1 Å². The Bertz CT molecular complexity index is 4410. The summed E-state index contributed by atoms with van der Waals surface area (Å²) >= 11 is 0. The largest absolute Gasteiger partial charge is 0.496 e. The average Bonchev–Trinajstić information content (AvgIpc) is 0.818. The monoisotopic (exact) mass is 1860 g/mol. The van der Waals surface area contributed by atoms with E-state index in [4.69, 9.17) is 20.5 Å². The van der Waals surface area contributed by atoms with Crippen LogP contribution >= 0.6 is 0 Å². The summed E-state index contributed by atoms with van der Waals surface area (Å²) in [6.07, 6.45) is 5.47. The standard InChI is InChI=1S/C48H66N4O6.C34H47N3O7.C13H20N2.BH.U/c1-28-39-23-35(48(39,3)4)24-40(28)49-47(56)44-42(29(2)54)41(27-53)58-52(44)26-32-16-13-17-38(46(32)57-9)33-20-34(22-36(21-33)51(7)8)45(55)43-31(25-50(5)6)18-19-37(43)30-14-11-10-12-15-30;1-18-26-14-23(34(26,3)4)15-27(18)35-32(40)30-29(19(2)39)28(17-38)44-37(30)16-20-9-8-10-25(31(20)43-7)21-11-22(33(41)42)13-24(12-21)36(5)6;1-15(2)10-12-8-9-13(14-12)11-6-4-3-5-7-11;;/h10-17,20-22,28-29,31,35,37,39-44,53-54H,18-19,23-27H2,1-9H3,(H,49,56);8-13,18-19,23,26-30,38-39H,14-17H2,1-7H3,(H,35,40)(H,41,42);3-7,12-14H,8-10H2,1-2H3;1H;/t28-,29-,31-,35+,37+,39-,40-,41-,42+,43?,44-;18-,19-,23+,26-,27-,28-,29+,30-;12-,13+;;/m000../s1/i;;;1T;. The maximum absolute atomic E-state index is 14.9. The van der Waals surface area contributed by atoms with Crippen molar-refractivity contribution < 1.29 is 95.0 Å². The van der Waals surface area contributed by atoms with Crippen LogP contribution in [0.1, 0.15) is 162 Å². The van der Waals surface area contributed by atoms with Crippen molar-refractivity contribution in [2.75, 3.05) is 107 Å². The van der Waals surface area contributed by atoms with Crippen LogP contribution in [0.15, 0.2) is 133 Å².